The van der Waals surface area contributed by atoms with Crippen molar-refractivity contribution in [2.75, 3.05) is 0 Å². The molecular formula is C5H9BrN2. The highest BCUT2D eigenvalue weighted by Crippen LogP contribution is 1.78. The second-order valence-electron chi connectivity index (χ2n) is 1.75. The van der Waals surface area contributed by atoms with Gasteiger partial charge in [-0.05, 0) is 0 Å². The molecule has 0 aliphatic rings. The normalized spacial score (nSPS) is 8.25. The van der Waals surface area contributed by atoms with Crippen LogP contribution in [0.4, 0.5) is 0 Å². The minimum atomic E-state index is 0. The second-order valence-corrected chi connectivity index (χ2v) is 1.75. The molecule has 8 heavy (non-hydrogen) atoms. The molecule has 3 heteroatoms. The van der Waals surface area contributed by atoms with Gasteiger partial charge in [0.05, 0.1) is 7.05 Å². The second kappa shape index (κ2) is 2.87. The van der Waals surface area contributed by atoms with E-state index in [4.69, 9.17) is 0 Å². The van der Waals surface area contributed by atoms with Gasteiger partial charge in [0, 0.05) is 6.92 Å². The van der Waals surface area contributed by atoms with E-state index in [9.17, 15) is 0 Å². The number of imidazole rings is 1. The van der Waals surface area contributed by atoms with Crippen molar-refractivity contribution in [2.24, 2.45) is 7.05 Å². The van der Waals surface area contributed by atoms with Gasteiger partial charge in [-0.15, -0.1) is 0 Å². The molecule has 0 atom stereocenters. The first-order chi connectivity index (χ1) is 3.29. The summed E-state index contributed by atoms with van der Waals surface area (Å²) in [6.07, 6.45) is 3.94. The van der Waals surface area contributed by atoms with Gasteiger partial charge in [0.1, 0.15) is 11.9 Å². The van der Waals surface area contributed by atoms with Crippen LogP contribution in [0.1, 0.15) is 5.69 Å². The van der Waals surface area contributed by atoms with E-state index in [0.717, 1.165) is 0 Å². The van der Waals surface area contributed by atoms with Crippen LogP contribution in [0, 0.1) is 6.92 Å². The molecule has 0 aromatic carbocycles. The summed E-state index contributed by atoms with van der Waals surface area (Å²) in [5, 5.41) is 0. The Hall–Kier alpha value is -0.310. The molecule has 1 rings (SSSR count). The van der Waals surface area contributed by atoms with Crippen LogP contribution in [-0.2, 0) is 7.05 Å². The molecule has 0 radical (unpaired) electrons. The van der Waals surface area contributed by atoms with Gasteiger partial charge in [0.15, 0.2) is 0 Å². The number of halogens is 1. The molecule has 0 spiro atoms. The first-order valence-electron chi connectivity index (χ1n) is 2.29. The van der Waals surface area contributed by atoms with E-state index in [2.05, 4.69) is 4.98 Å². The van der Waals surface area contributed by atoms with Crippen LogP contribution >= 0.6 is 0 Å². The summed E-state index contributed by atoms with van der Waals surface area (Å²) < 4.78 is 1.98. The summed E-state index contributed by atoms with van der Waals surface area (Å²) in [6.45, 7) is 2.03. The maximum atomic E-state index is 3.03. The summed E-state index contributed by atoms with van der Waals surface area (Å²) in [5.41, 5.74) is 1.20. The van der Waals surface area contributed by atoms with E-state index in [0.29, 0.717) is 0 Å². The number of nitrogens with zero attached hydrogens (tertiary/aromatic N) is 1. The number of H-pyrrole nitrogens is 1. The highest BCUT2D eigenvalue weighted by Gasteiger charge is 1.89. The van der Waals surface area contributed by atoms with E-state index < -0.39 is 0 Å². The summed E-state index contributed by atoms with van der Waals surface area (Å²) in [6, 6.07) is 0. The highest BCUT2D eigenvalue weighted by molar-refractivity contribution is 4.82. The standard InChI is InChI=1S/C5H8N2.BrH/c1-5-3-7(2)4-6-5;/h3-4H,1-2H3;1H. The lowest BCUT2D eigenvalue weighted by Gasteiger charge is -1.68. The fourth-order valence-electron chi connectivity index (χ4n) is 0.584. The van der Waals surface area contributed by atoms with E-state index in [-0.39, 0.29) is 17.0 Å². The fraction of sp³-hybridized carbons (Fsp3) is 0.400. The van der Waals surface area contributed by atoms with Crippen LogP contribution in [-0.4, -0.2) is 4.98 Å². The maximum Gasteiger partial charge on any atom is 0.241 e. The Balaban J connectivity index is 0.000000490. The van der Waals surface area contributed by atoms with Crippen LogP contribution in [0.5, 0.6) is 0 Å². The summed E-state index contributed by atoms with van der Waals surface area (Å²) in [5.74, 6) is 0. The van der Waals surface area contributed by atoms with Crippen LogP contribution in [0.25, 0.3) is 0 Å². The first-order valence-corrected chi connectivity index (χ1v) is 2.29. The Kier molecular flexibility index (Phi) is 2.76. The van der Waals surface area contributed by atoms with Gasteiger partial charge < -0.3 is 17.0 Å². The number of aromatic amines is 1. The molecule has 0 saturated heterocycles. The minimum absolute atomic E-state index is 0. The summed E-state index contributed by atoms with van der Waals surface area (Å²) >= 11 is 0. The lowest BCUT2D eigenvalue weighted by Crippen LogP contribution is -3.00. The molecule has 1 aromatic heterocycles. The molecule has 0 bridgehead atoms. The number of aromatic nitrogens is 2. The molecule has 46 valence electrons. The topological polar surface area (TPSA) is 19.7 Å². The van der Waals surface area contributed by atoms with Crippen LogP contribution < -0.4 is 21.5 Å². The molecule has 2 nitrogen and oxygen atoms in total. The van der Waals surface area contributed by atoms with Crippen molar-refractivity contribution in [3.05, 3.63) is 18.2 Å². The van der Waals surface area contributed by atoms with Gasteiger partial charge in [0.2, 0.25) is 6.33 Å². The predicted octanol–water partition coefficient (Wildman–Crippen LogP) is -2.85. The Morgan fingerprint density at radius 2 is 2.25 bits per heavy atom. The lowest BCUT2D eigenvalue weighted by molar-refractivity contribution is -0.670. The fourth-order valence-corrected chi connectivity index (χ4v) is 0.584. The molecule has 0 fully saturated rings. The van der Waals surface area contributed by atoms with Gasteiger partial charge in [-0.1, -0.05) is 0 Å². The number of hydrogen-bond donors (Lipinski definition) is 1. The minimum Gasteiger partial charge on any atom is -1.00 e. The first kappa shape index (κ1) is 7.69. The van der Waals surface area contributed by atoms with Crippen molar-refractivity contribution in [1.82, 2.24) is 4.98 Å². The van der Waals surface area contributed by atoms with Crippen molar-refractivity contribution >= 4 is 0 Å². The average molecular weight is 177 g/mol. The Bertz CT molecular complexity index is 143. The monoisotopic (exact) mass is 176 g/mol. The van der Waals surface area contributed by atoms with Crippen molar-refractivity contribution < 1.29 is 21.5 Å². The van der Waals surface area contributed by atoms with E-state index >= 15 is 0 Å². The summed E-state index contributed by atoms with van der Waals surface area (Å²) in [4.78, 5) is 3.03. The number of hydrogen-bond acceptors (Lipinski definition) is 0. The van der Waals surface area contributed by atoms with Crippen molar-refractivity contribution in [3.8, 4) is 0 Å². The van der Waals surface area contributed by atoms with Crippen LogP contribution in [0.3, 0.4) is 0 Å². The SMILES string of the molecule is Cc1c[n+](C)c[nH]1.[Br-]. The van der Waals surface area contributed by atoms with Crippen molar-refractivity contribution in [3.63, 3.8) is 0 Å². The largest absolute Gasteiger partial charge is 1.00 e. The van der Waals surface area contributed by atoms with E-state index in [1.54, 1.807) is 0 Å². The molecule has 1 heterocycles. The third-order valence-corrected chi connectivity index (χ3v) is 0.893. The zero-order valence-corrected chi connectivity index (χ0v) is 6.57. The smallest absolute Gasteiger partial charge is 0.241 e. The van der Waals surface area contributed by atoms with Gasteiger partial charge in [-0.3, -0.25) is 0 Å². The Morgan fingerprint density at radius 3 is 2.38 bits per heavy atom. The average Bonchev–Trinajstić information content (AvgIpc) is 1.87. The zero-order valence-electron chi connectivity index (χ0n) is 4.98. The molecular weight excluding hydrogens is 168 g/mol. The third kappa shape index (κ3) is 1.66. The predicted molar refractivity (Wildman–Crippen MR) is 26.7 cm³/mol. The zero-order chi connectivity index (χ0) is 5.28. The molecule has 0 aliphatic heterocycles. The molecule has 1 N–H and O–H groups in total. The van der Waals surface area contributed by atoms with Crippen LogP contribution in [0.15, 0.2) is 12.5 Å². The third-order valence-electron chi connectivity index (χ3n) is 0.893. The van der Waals surface area contributed by atoms with Gasteiger partial charge in [-0.2, -0.15) is 0 Å². The van der Waals surface area contributed by atoms with Gasteiger partial charge in [-0.25, -0.2) is 9.55 Å². The molecule has 1 aromatic rings. The molecule has 0 saturated carbocycles. The van der Waals surface area contributed by atoms with Gasteiger partial charge in [0.25, 0.3) is 0 Å². The number of aryl methyl sites for hydroxylation is 2. The molecule has 0 aliphatic carbocycles. The highest BCUT2D eigenvalue weighted by atomic mass is 79.9. The van der Waals surface area contributed by atoms with Crippen molar-refractivity contribution in [1.29, 1.82) is 0 Å². The molecule has 0 amide bonds. The maximum absolute atomic E-state index is 3.03. The Morgan fingerprint density at radius 1 is 1.62 bits per heavy atom. The lowest BCUT2D eigenvalue weighted by atomic mass is 10.6. The van der Waals surface area contributed by atoms with Crippen molar-refractivity contribution in [2.45, 2.75) is 6.92 Å². The van der Waals surface area contributed by atoms with Gasteiger partial charge >= 0.3 is 0 Å². The number of nitrogens with one attached hydrogen (secondary N) is 1. The quantitative estimate of drug-likeness (QED) is 0.411. The van der Waals surface area contributed by atoms with E-state index in [1.807, 2.05) is 31.1 Å². The van der Waals surface area contributed by atoms with E-state index in [1.165, 1.54) is 5.69 Å². The number of rotatable bonds is 0. The van der Waals surface area contributed by atoms with Crippen LogP contribution in [0.2, 0.25) is 0 Å². The Labute approximate surface area is 59.3 Å². The summed E-state index contributed by atoms with van der Waals surface area (Å²) in [7, 11) is 1.99. The molecule has 0 unspecified atom stereocenters.